The van der Waals surface area contributed by atoms with Crippen LogP contribution in [0.15, 0.2) is 42.5 Å². The molecule has 0 nitrogen and oxygen atoms in total. The van der Waals surface area contributed by atoms with Gasteiger partial charge in [-0.25, -0.2) is 0 Å². The Bertz CT molecular complexity index is 555. The van der Waals surface area contributed by atoms with E-state index in [9.17, 15) is 0 Å². The van der Waals surface area contributed by atoms with Crippen LogP contribution in [0.1, 0.15) is 37.5 Å². The molecule has 0 N–H and O–H groups in total. The number of rotatable bonds is 1. The quantitative estimate of drug-likeness (QED) is 0.408. The van der Waals surface area contributed by atoms with Crippen molar-refractivity contribution in [1.29, 1.82) is 0 Å². The molecule has 0 saturated carbocycles. The van der Waals surface area contributed by atoms with Crippen LogP contribution in [0.25, 0.3) is 11.1 Å². The maximum Gasteiger partial charge on any atom is 2.00 e. The maximum atomic E-state index is 4.08. The molecule has 1 heteroatoms. The van der Waals surface area contributed by atoms with Crippen LogP contribution in [0.3, 0.4) is 0 Å². The summed E-state index contributed by atoms with van der Waals surface area (Å²) in [5.74, 6) is 0.759. The minimum Gasteiger partial charge on any atom is -0.329 e. The van der Waals surface area contributed by atoms with Gasteiger partial charge in [-0.15, -0.1) is 11.6 Å². The van der Waals surface area contributed by atoms with Crippen LogP contribution >= 0.6 is 0 Å². The van der Waals surface area contributed by atoms with Crippen molar-refractivity contribution in [3.8, 4) is 11.1 Å². The second-order valence-electron chi connectivity index (χ2n) is 5.35. The molecule has 0 spiro atoms. The van der Waals surface area contributed by atoms with Crippen LogP contribution in [0.5, 0.6) is 0 Å². The van der Waals surface area contributed by atoms with Gasteiger partial charge < -0.3 is 6.42 Å². The Morgan fingerprint density at radius 2 is 1.60 bits per heavy atom. The van der Waals surface area contributed by atoms with Gasteiger partial charge in [-0.3, -0.25) is 0 Å². The van der Waals surface area contributed by atoms with Gasteiger partial charge >= 0.3 is 31.1 Å². The molecule has 0 saturated heterocycles. The van der Waals surface area contributed by atoms with E-state index >= 15 is 0 Å². The second-order valence-corrected chi connectivity index (χ2v) is 5.35. The van der Waals surface area contributed by atoms with Crippen molar-refractivity contribution >= 4 is 0 Å². The molecule has 3 rings (SSSR count). The molecule has 0 amide bonds. The van der Waals surface area contributed by atoms with Gasteiger partial charge in [0.15, 0.2) is 0 Å². The molecule has 2 aromatic rings. The summed E-state index contributed by atoms with van der Waals surface area (Å²) in [6.07, 6.45) is 3.21. The van der Waals surface area contributed by atoms with Gasteiger partial charge in [0.05, 0.1) is 0 Å². The molecular formula is C19H22U. The summed E-state index contributed by atoms with van der Waals surface area (Å²) in [6, 6.07) is 15.0. The normalized spacial score (nSPS) is 11.0. The van der Waals surface area contributed by atoms with Crippen LogP contribution in [0.2, 0.25) is 0 Å². The van der Waals surface area contributed by atoms with E-state index < -0.39 is 0 Å². The Morgan fingerprint density at radius 1 is 1.00 bits per heavy atom. The Labute approximate surface area is 147 Å². The second kappa shape index (κ2) is 7.96. The molecule has 0 fully saturated rings. The first-order valence-corrected chi connectivity index (χ1v) is 6.95. The first kappa shape index (κ1) is 17.4. The van der Waals surface area contributed by atoms with E-state index in [0.29, 0.717) is 0 Å². The predicted molar refractivity (Wildman–Crippen MR) is 84.0 cm³/mol. The van der Waals surface area contributed by atoms with E-state index in [4.69, 9.17) is 0 Å². The van der Waals surface area contributed by atoms with Crippen molar-refractivity contribution in [2.75, 3.05) is 0 Å². The fourth-order valence-corrected chi connectivity index (χ4v) is 2.22. The van der Waals surface area contributed by atoms with Crippen molar-refractivity contribution in [2.24, 2.45) is 5.92 Å². The summed E-state index contributed by atoms with van der Waals surface area (Å²) in [5.41, 5.74) is 6.74. The van der Waals surface area contributed by atoms with E-state index in [0.717, 1.165) is 12.3 Å². The molecule has 0 aliphatic heterocycles. The molecule has 0 aromatic heterocycles. The van der Waals surface area contributed by atoms with Crippen molar-refractivity contribution in [1.82, 2.24) is 0 Å². The van der Waals surface area contributed by atoms with Gasteiger partial charge in [0.1, 0.15) is 0 Å². The average Bonchev–Trinajstić information content (AvgIpc) is 2.80. The van der Waals surface area contributed by atoms with Crippen molar-refractivity contribution in [2.45, 2.75) is 27.2 Å². The molecule has 0 atom stereocenters. The minimum atomic E-state index is 0. The molecule has 0 unspecified atom stereocenters. The summed E-state index contributed by atoms with van der Waals surface area (Å²) in [5, 5.41) is 0. The van der Waals surface area contributed by atoms with Crippen molar-refractivity contribution < 1.29 is 31.1 Å². The zero-order chi connectivity index (χ0) is 13.8. The van der Waals surface area contributed by atoms with Crippen molar-refractivity contribution in [3.63, 3.8) is 0 Å². The van der Waals surface area contributed by atoms with E-state index in [2.05, 4.69) is 76.6 Å². The van der Waals surface area contributed by atoms with Crippen LogP contribution in [-0.4, -0.2) is 0 Å². The summed E-state index contributed by atoms with van der Waals surface area (Å²) < 4.78 is 0. The monoisotopic (exact) mass is 488 g/mol. The molecule has 0 bridgehead atoms. The van der Waals surface area contributed by atoms with Crippen LogP contribution in [0, 0.1) is 50.4 Å². The number of fused-ring (bicyclic) bond motifs is 3. The fraction of sp³-hybridized carbons (Fsp3) is 0.263. The number of hydrogen-bond donors (Lipinski definition) is 0. The Balaban J connectivity index is 0.000000293. The van der Waals surface area contributed by atoms with Crippen LogP contribution < -0.4 is 0 Å². The maximum absolute atomic E-state index is 4.08. The third kappa shape index (κ3) is 3.94. The average molecular weight is 488 g/mol. The van der Waals surface area contributed by atoms with Gasteiger partial charge in [-0.05, 0) is 17.5 Å². The van der Waals surface area contributed by atoms with Gasteiger partial charge in [-0.1, -0.05) is 49.7 Å². The molecular weight excluding hydrogens is 466 g/mol. The van der Waals surface area contributed by atoms with Gasteiger partial charge in [0.25, 0.3) is 0 Å². The third-order valence-electron chi connectivity index (χ3n) is 3.61. The molecule has 102 valence electrons. The third-order valence-corrected chi connectivity index (χ3v) is 3.61. The zero-order valence-electron chi connectivity index (χ0n) is 12.6. The standard InChI is InChI=1S/C14H11.C5H11.U/c1-10-5-4-8-13-12-7-3-2-6-11(12)9-14(10)13;1-4-5(2)3;/h2-8H,1,9H2;4-5H,1-3H3;/q2*-1;+2. The number of benzene rings is 2. The summed E-state index contributed by atoms with van der Waals surface area (Å²) >= 11 is 0. The predicted octanol–water partition coefficient (Wildman–Crippen LogP) is 5.31. The first-order valence-electron chi connectivity index (χ1n) is 6.95. The SMILES string of the molecule is C[CH-]C(C)C.[CH2-]c1cccc2c1Cc1ccccc1-2.[U+2]. The van der Waals surface area contributed by atoms with E-state index in [-0.39, 0.29) is 31.1 Å². The van der Waals surface area contributed by atoms with E-state index in [1.165, 1.54) is 27.8 Å². The molecule has 1 aliphatic carbocycles. The Kier molecular flexibility index (Phi) is 6.93. The molecule has 1 aliphatic rings. The van der Waals surface area contributed by atoms with Crippen LogP contribution in [-0.2, 0) is 6.42 Å². The molecule has 0 heterocycles. The summed E-state index contributed by atoms with van der Waals surface area (Å²) in [7, 11) is 0. The number of hydrogen-bond acceptors (Lipinski definition) is 0. The van der Waals surface area contributed by atoms with Gasteiger partial charge in [0, 0.05) is 0 Å². The van der Waals surface area contributed by atoms with Crippen molar-refractivity contribution in [3.05, 3.63) is 72.5 Å². The zero-order valence-corrected chi connectivity index (χ0v) is 16.8. The fourth-order valence-electron chi connectivity index (χ4n) is 2.22. The smallest absolute Gasteiger partial charge is 0.329 e. The Hall–Kier alpha value is -0.638. The van der Waals surface area contributed by atoms with E-state index in [1.54, 1.807) is 0 Å². The summed E-state index contributed by atoms with van der Waals surface area (Å²) in [6.45, 7) is 10.5. The molecule has 2 aromatic carbocycles. The largest absolute Gasteiger partial charge is 2.00 e. The van der Waals surface area contributed by atoms with Crippen LogP contribution in [0.4, 0.5) is 0 Å². The first-order chi connectivity index (χ1) is 9.13. The molecule has 0 radical (unpaired) electrons. The minimum absolute atomic E-state index is 0. The summed E-state index contributed by atoms with van der Waals surface area (Å²) in [4.78, 5) is 0. The van der Waals surface area contributed by atoms with Gasteiger partial charge in [-0.2, -0.15) is 31.4 Å². The molecule has 20 heavy (non-hydrogen) atoms. The van der Waals surface area contributed by atoms with E-state index in [1.807, 2.05) is 0 Å². The van der Waals surface area contributed by atoms with Gasteiger partial charge in [0.2, 0.25) is 0 Å². The topological polar surface area (TPSA) is 0 Å². The Morgan fingerprint density at radius 3 is 2.25 bits per heavy atom.